The quantitative estimate of drug-likeness (QED) is 0.819. The molecule has 0 atom stereocenters. The van der Waals surface area contributed by atoms with Crippen LogP contribution in [0, 0.1) is 0 Å². The van der Waals surface area contributed by atoms with Crippen LogP contribution in [-0.2, 0) is 0 Å². The molecule has 0 aliphatic heterocycles. The van der Waals surface area contributed by atoms with E-state index in [1.807, 2.05) is 13.8 Å². The number of nitrogens with zero attached hydrogens (tertiary/aromatic N) is 5. The Labute approximate surface area is 102 Å². The maximum absolute atomic E-state index is 5.42. The van der Waals surface area contributed by atoms with Gasteiger partial charge in [0, 0.05) is 17.5 Å². The highest BCUT2D eigenvalue weighted by atomic mass is 32.1. The van der Waals surface area contributed by atoms with Crippen molar-refractivity contribution in [2.24, 2.45) is 5.73 Å². The van der Waals surface area contributed by atoms with E-state index in [4.69, 9.17) is 18.0 Å². The van der Waals surface area contributed by atoms with Gasteiger partial charge in [-0.15, -0.1) is 5.10 Å². The van der Waals surface area contributed by atoms with E-state index in [1.54, 1.807) is 0 Å². The van der Waals surface area contributed by atoms with E-state index in [0.717, 1.165) is 5.82 Å². The third kappa shape index (κ3) is 2.07. The maximum Gasteiger partial charge on any atom is 0.231 e. The molecule has 2 aromatic heterocycles. The summed E-state index contributed by atoms with van der Waals surface area (Å²) in [6.07, 6.45) is 1.53. The van der Waals surface area contributed by atoms with Crippen LogP contribution in [0.5, 0.6) is 0 Å². The first-order chi connectivity index (χ1) is 7.58. The molecular formula is C8H10N6S2. The van der Waals surface area contributed by atoms with Gasteiger partial charge in [0.1, 0.15) is 17.1 Å². The van der Waals surface area contributed by atoms with Crippen molar-refractivity contribution in [3.8, 4) is 5.13 Å². The molecule has 2 N–H and O–H groups in total. The van der Waals surface area contributed by atoms with E-state index in [2.05, 4.69) is 19.4 Å². The third-order valence-electron chi connectivity index (χ3n) is 1.86. The molecule has 16 heavy (non-hydrogen) atoms. The maximum atomic E-state index is 5.42. The Hall–Kier alpha value is -1.41. The Morgan fingerprint density at radius 1 is 1.56 bits per heavy atom. The van der Waals surface area contributed by atoms with Crippen molar-refractivity contribution in [1.29, 1.82) is 0 Å². The second kappa shape index (κ2) is 4.22. The summed E-state index contributed by atoms with van der Waals surface area (Å²) in [6.45, 7) is 4.07. The van der Waals surface area contributed by atoms with Crippen LogP contribution in [0.3, 0.4) is 0 Å². The lowest BCUT2D eigenvalue weighted by atomic mass is 10.2. The van der Waals surface area contributed by atoms with Gasteiger partial charge in [0.15, 0.2) is 0 Å². The fraction of sp³-hybridized carbons (Fsp3) is 0.375. The molecule has 8 heteroatoms. The van der Waals surface area contributed by atoms with Gasteiger partial charge < -0.3 is 5.73 Å². The lowest BCUT2D eigenvalue weighted by Crippen LogP contribution is -2.12. The first-order valence-electron chi connectivity index (χ1n) is 4.63. The minimum absolute atomic E-state index is 0.173. The molecule has 0 saturated carbocycles. The number of aromatic nitrogens is 5. The Morgan fingerprint density at radius 3 is 2.81 bits per heavy atom. The number of nitrogens with two attached hydrogens (primary N) is 1. The summed E-state index contributed by atoms with van der Waals surface area (Å²) in [7, 11) is 0. The van der Waals surface area contributed by atoms with Crippen molar-refractivity contribution in [3.05, 3.63) is 18.0 Å². The molecule has 0 bridgehead atoms. The number of rotatable bonds is 3. The zero-order valence-corrected chi connectivity index (χ0v) is 10.4. The molecule has 0 saturated heterocycles. The normalized spacial score (nSPS) is 10.9. The highest BCUT2D eigenvalue weighted by Gasteiger charge is 2.11. The summed E-state index contributed by atoms with van der Waals surface area (Å²) >= 11 is 6.05. The first kappa shape index (κ1) is 11.1. The molecular weight excluding hydrogens is 244 g/mol. The highest BCUT2D eigenvalue weighted by molar-refractivity contribution is 7.80. The second-order valence-electron chi connectivity index (χ2n) is 3.47. The Kier molecular flexibility index (Phi) is 2.92. The minimum Gasteiger partial charge on any atom is -0.387 e. The smallest absolute Gasteiger partial charge is 0.231 e. The van der Waals surface area contributed by atoms with Crippen LogP contribution in [0.4, 0.5) is 0 Å². The zero-order valence-electron chi connectivity index (χ0n) is 8.78. The first-order valence-corrected chi connectivity index (χ1v) is 5.81. The van der Waals surface area contributed by atoms with Gasteiger partial charge in [0.05, 0.1) is 0 Å². The fourth-order valence-electron chi connectivity index (χ4n) is 1.02. The van der Waals surface area contributed by atoms with Gasteiger partial charge in [-0.25, -0.2) is 9.97 Å². The predicted octanol–water partition coefficient (Wildman–Crippen LogP) is 0.876. The van der Waals surface area contributed by atoms with Crippen LogP contribution < -0.4 is 5.73 Å². The summed E-state index contributed by atoms with van der Waals surface area (Å²) in [5, 5.41) is 4.77. The number of hydrogen-bond acceptors (Lipinski definition) is 6. The standard InChI is InChI=1S/C8H10N6S2/c1-4(2)6-11-8(16-13-6)14-3-10-7(12-14)5(9)15/h3-4H,1-2H3,(H2,9,15). The summed E-state index contributed by atoms with van der Waals surface area (Å²) in [5.41, 5.74) is 5.42. The average Bonchev–Trinajstić information content (AvgIpc) is 2.86. The van der Waals surface area contributed by atoms with Gasteiger partial charge in [0.2, 0.25) is 11.0 Å². The summed E-state index contributed by atoms with van der Waals surface area (Å²) in [4.78, 5) is 8.48. The van der Waals surface area contributed by atoms with Crippen LogP contribution in [0.2, 0.25) is 0 Å². The van der Waals surface area contributed by atoms with Crippen LogP contribution in [-0.4, -0.2) is 29.1 Å². The van der Waals surface area contributed by atoms with Gasteiger partial charge in [-0.3, -0.25) is 0 Å². The summed E-state index contributed by atoms with van der Waals surface area (Å²) in [6, 6.07) is 0. The second-order valence-corrected chi connectivity index (χ2v) is 4.64. The molecule has 0 amide bonds. The molecule has 0 aromatic carbocycles. The topological polar surface area (TPSA) is 82.5 Å². The van der Waals surface area contributed by atoms with Gasteiger partial charge in [-0.1, -0.05) is 26.1 Å². The lowest BCUT2D eigenvalue weighted by molar-refractivity contribution is 0.780. The summed E-state index contributed by atoms with van der Waals surface area (Å²) < 4.78 is 5.75. The largest absolute Gasteiger partial charge is 0.387 e. The van der Waals surface area contributed by atoms with Gasteiger partial charge in [0.25, 0.3) is 0 Å². The Bertz CT molecular complexity index is 514. The highest BCUT2D eigenvalue weighted by Crippen LogP contribution is 2.15. The van der Waals surface area contributed by atoms with Crippen LogP contribution >= 0.6 is 23.8 Å². The third-order valence-corrected chi connectivity index (χ3v) is 2.76. The van der Waals surface area contributed by atoms with Crippen molar-refractivity contribution in [2.45, 2.75) is 19.8 Å². The van der Waals surface area contributed by atoms with Crippen LogP contribution in [0.1, 0.15) is 31.4 Å². The van der Waals surface area contributed by atoms with Crippen LogP contribution in [0.15, 0.2) is 6.33 Å². The van der Waals surface area contributed by atoms with Crippen molar-refractivity contribution in [1.82, 2.24) is 24.1 Å². The molecule has 0 fully saturated rings. The van der Waals surface area contributed by atoms with Crippen molar-refractivity contribution >= 4 is 28.7 Å². The minimum atomic E-state index is 0.173. The molecule has 2 rings (SSSR count). The summed E-state index contributed by atoms with van der Waals surface area (Å²) in [5.74, 6) is 1.44. The molecule has 84 valence electrons. The van der Waals surface area contributed by atoms with E-state index >= 15 is 0 Å². The fourth-order valence-corrected chi connectivity index (χ4v) is 1.85. The van der Waals surface area contributed by atoms with Crippen molar-refractivity contribution < 1.29 is 0 Å². The van der Waals surface area contributed by atoms with Gasteiger partial charge >= 0.3 is 0 Å². The molecule has 0 unspecified atom stereocenters. The molecule has 0 spiro atoms. The Balaban J connectivity index is 2.31. The molecule has 6 nitrogen and oxygen atoms in total. The average molecular weight is 254 g/mol. The monoisotopic (exact) mass is 254 g/mol. The van der Waals surface area contributed by atoms with E-state index < -0.39 is 0 Å². The molecule has 2 heterocycles. The van der Waals surface area contributed by atoms with Gasteiger partial charge in [-0.2, -0.15) is 9.06 Å². The SMILES string of the molecule is CC(C)c1nsc(-n2cnc(C(N)=S)n2)n1. The van der Waals surface area contributed by atoms with E-state index in [9.17, 15) is 0 Å². The molecule has 0 radical (unpaired) electrons. The number of thiocarbonyl (C=S) groups is 1. The molecule has 0 aliphatic rings. The Morgan fingerprint density at radius 2 is 2.31 bits per heavy atom. The molecule has 0 aliphatic carbocycles. The lowest BCUT2D eigenvalue weighted by Gasteiger charge is -1.94. The van der Waals surface area contributed by atoms with Crippen molar-refractivity contribution in [3.63, 3.8) is 0 Å². The van der Waals surface area contributed by atoms with E-state index in [-0.39, 0.29) is 4.99 Å². The predicted molar refractivity (Wildman–Crippen MR) is 64.8 cm³/mol. The van der Waals surface area contributed by atoms with E-state index in [1.165, 1.54) is 22.5 Å². The molecule has 2 aromatic rings. The van der Waals surface area contributed by atoms with Gasteiger partial charge in [-0.05, 0) is 0 Å². The van der Waals surface area contributed by atoms with E-state index in [0.29, 0.717) is 16.9 Å². The van der Waals surface area contributed by atoms with Crippen LogP contribution in [0.25, 0.3) is 5.13 Å². The number of hydrogen-bond donors (Lipinski definition) is 1. The van der Waals surface area contributed by atoms with Crippen molar-refractivity contribution in [2.75, 3.05) is 0 Å². The zero-order chi connectivity index (χ0) is 11.7.